The smallest absolute Gasteiger partial charge is 0.223 e. The second-order valence-corrected chi connectivity index (χ2v) is 10.2. The third-order valence-electron chi connectivity index (χ3n) is 4.44. The van der Waals surface area contributed by atoms with Crippen molar-refractivity contribution >= 4 is 20.0 Å². The summed E-state index contributed by atoms with van der Waals surface area (Å²) in [7, 11) is -7.76. The Kier molecular flexibility index (Phi) is 5.66. The summed E-state index contributed by atoms with van der Waals surface area (Å²) in [6.45, 7) is 2.07. The molecule has 27 heavy (non-hydrogen) atoms. The Labute approximate surface area is 158 Å². The third kappa shape index (κ3) is 4.55. The summed E-state index contributed by atoms with van der Waals surface area (Å²) < 4.78 is 68.6. The van der Waals surface area contributed by atoms with E-state index >= 15 is 0 Å². The van der Waals surface area contributed by atoms with E-state index in [4.69, 9.17) is 4.28 Å². The number of rotatable bonds is 5. The monoisotopic (exact) mass is 413 g/mol. The lowest BCUT2D eigenvalue weighted by atomic mass is 10.2. The molecule has 0 saturated carbocycles. The van der Waals surface area contributed by atoms with Gasteiger partial charge in [-0.1, -0.05) is 17.7 Å². The molecule has 0 amide bonds. The van der Waals surface area contributed by atoms with Crippen molar-refractivity contribution in [2.45, 2.75) is 34.8 Å². The Morgan fingerprint density at radius 2 is 1.56 bits per heavy atom. The maximum absolute atomic E-state index is 13.1. The van der Waals surface area contributed by atoms with Gasteiger partial charge in [0.1, 0.15) is 5.82 Å². The SMILES string of the molecule is Cc1ccc(S(=O)(=O)ON2CCCC(S(=O)(=O)c3ccc(F)cc3)C2)cc1. The summed E-state index contributed by atoms with van der Waals surface area (Å²) in [5.41, 5.74) is 0.914. The largest absolute Gasteiger partial charge is 0.313 e. The van der Waals surface area contributed by atoms with Gasteiger partial charge in [-0.15, -0.1) is 0 Å². The van der Waals surface area contributed by atoms with Crippen LogP contribution < -0.4 is 0 Å². The van der Waals surface area contributed by atoms with Gasteiger partial charge < -0.3 is 0 Å². The van der Waals surface area contributed by atoms with Crippen molar-refractivity contribution < 1.29 is 25.5 Å². The van der Waals surface area contributed by atoms with Gasteiger partial charge in [-0.05, 0) is 56.2 Å². The Morgan fingerprint density at radius 1 is 0.963 bits per heavy atom. The molecule has 0 aromatic heterocycles. The second kappa shape index (κ2) is 7.67. The van der Waals surface area contributed by atoms with E-state index in [0.717, 1.165) is 17.7 Å². The number of hydroxylamine groups is 2. The second-order valence-electron chi connectivity index (χ2n) is 6.49. The molecular formula is C18H20FNO5S2. The molecule has 3 rings (SSSR count). The number of hydrogen-bond acceptors (Lipinski definition) is 6. The molecule has 0 aliphatic carbocycles. The van der Waals surface area contributed by atoms with Gasteiger partial charge in [0.25, 0.3) is 0 Å². The zero-order chi connectivity index (χ0) is 19.7. The van der Waals surface area contributed by atoms with E-state index in [0.29, 0.717) is 19.4 Å². The molecule has 1 saturated heterocycles. The molecule has 1 atom stereocenters. The molecule has 1 aliphatic heterocycles. The zero-order valence-corrected chi connectivity index (χ0v) is 16.3. The van der Waals surface area contributed by atoms with Gasteiger partial charge in [-0.3, -0.25) is 0 Å². The molecule has 0 N–H and O–H groups in total. The first-order chi connectivity index (χ1) is 12.7. The molecule has 1 aliphatic rings. The molecule has 9 heteroatoms. The number of halogens is 1. The zero-order valence-electron chi connectivity index (χ0n) is 14.7. The van der Waals surface area contributed by atoms with E-state index in [1.54, 1.807) is 12.1 Å². The van der Waals surface area contributed by atoms with Crippen LogP contribution in [-0.4, -0.2) is 40.2 Å². The summed E-state index contributed by atoms with van der Waals surface area (Å²) in [5, 5.41) is 0.342. The molecule has 0 radical (unpaired) electrons. The lowest BCUT2D eigenvalue weighted by Gasteiger charge is -2.30. The molecule has 0 bridgehead atoms. The van der Waals surface area contributed by atoms with Gasteiger partial charge in [0.05, 0.1) is 15.0 Å². The molecular weight excluding hydrogens is 393 g/mol. The van der Waals surface area contributed by atoms with E-state index in [-0.39, 0.29) is 16.3 Å². The molecule has 6 nitrogen and oxygen atoms in total. The van der Waals surface area contributed by atoms with Crippen molar-refractivity contribution in [1.82, 2.24) is 5.06 Å². The summed E-state index contributed by atoms with van der Waals surface area (Å²) in [4.78, 5) is 0.0220. The predicted molar refractivity (Wildman–Crippen MR) is 97.6 cm³/mol. The van der Waals surface area contributed by atoms with E-state index < -0.39 is 31.0 Å². The first kappa shape index (κ1) is 19.9. The van der Waals surface area contributed by atoms with E-state index in [9.17, 15) is 21.2 Å². The fourth-order valence-corrected chi connectivity index (χ4v) is 5.64. The maximum atomic E-state index is 13.1. The van der Waals surface area contributed by atoms with Gasteiger partial charge in [0, 0.05) is 13.1 Å². The van der Waals surface area contributed by atoms with Crippen LogP contribution in [0.25, 0.3) is 0 Å². The van der Waals surface area contributed by atoms with E-state index in [1.165, 1.54) is 29.3 Å². The molecule has 0 spiro atoms. The van der Waals surface area contributed by atoms with Gasteiger partial charge in [0.15, 0.2) is 9.84 Å². The lowest BCUT2D eigenvalue weighted by Crippen LogP contribution is -2.43. The average Bonchev–Trinajstić information content (AvgIpc) is 2.62. The van der Waals surface area contributed by atoms with Crippen LogP contribution in [0, 0.1) is 12.7 Å². The number of nitrogens with zero attached hydrogens (tertiary/aromatic N) is 1. The average molecular weight is 413 g/mol. The minimum atomic E-state index is -4.03. The van der Waals surface area contributed by atoms with Crippen LogP contribution in [0.15, 0.2) is 58.3 Å². The maximum Gasteiger partial charge on any atom is 0.313 e. The minimum absolute atomic E-state index is 0.0108. The van der Waals surface area contributed by atoms with Crippen LogP contribution in [-0.2, 0) is 24.2 Å². The van der Waals surface area contributed by atoms with Gasteiger partial charge in [0.2, 0.25) is 0 Å². The van der Waals surface area contributed by atoms with E-state index in [2.05, 4.69) is 0 Å². The number of aryl methyl sites for hydroxylation is 1. The number of benzene rings is 2. The van der Waals surface area contributed by atoms with Gasteiger partial charge in [-0.25, -0.2) is 12.8 Å². The van der Waals surface area contributed by atoms with Crippen LogP contribution in [0.2, 0.25) is 0 Å². The summed E-state index contributed by atoms with van der Waals surface area (Å²) in [6, 6.07) is 10.8. The molecule has 1 heterocycles. The van der Waals surface area contributed by atoms with Crippen molar-refractivity contribution in [3.8, 4) is 0 Å². The lowest BCUT2D eigenvalue weighted by molar-refractivity contribution is -0.0642. The Hall–Kier alpha value is -1.81. The first-order valence-electron chi connectivity index (χ1n) is 8.44. The van der Waals surface area contributed by atoms with Crippen molar-refractivity contribution in [2.24, 2.45) is 0 Å². The fourth-order valence-electron chi connectivity index (χ4n) is 2.93. The molecule has 2 aromatic carbocycles. The van der Waals surface area contributed by atoms with Crippen molar-refractivity contribution in [2.75, 3.05) is 13.1 Å². The summed E-state index contributed by atoms with van der Waals surface area (Å²) in [6.07, 6.45) is 0.846. The molecule has 1 fully saturated rings. The number of sulfone groups is 1. The van der Waals surface area contributed by atoms with Gasteiger partial charge in [-0.2, -0.15) is 17.8 Å². The number of piperidine rings is 1. The Bertz CT molecular complexity index is 1000. The van der Waals surface area contributed by atoms with Gasteiger partial charge >= 0.3 is 10.1 Å². The Morgan fingerprint density at radius 3 is 2.19 bits per heavy atom. The molecule has 146 valence electrons. The van der Waals surface area contributed by atoms with Crippen molar-refractivity contribution in [3.63, 3.8) is 0 Å². The van der Waals surface area contributed by atoms with Crippen LogP contribution in [0.4, 0.5) is 4.39 Å². The van der Waals surface area contributed by atoms with E-state index in [1.807, 2.05) is 6.92 Å². The van der Waals surface area contributed by atoms with Crippen LogP contribution >= 0.6 is 0 Å². The normalized spacial score (nSPS) is 19.1. The van der Waals surface area contributed by atoms with Crippen molar-refractivity contribution in [3.05, 3.63) is 59.9 Å². The fraction of sp³-hybridized carbons (Fsp3) is 0.333. The summed E-state index contributed by atoms with van der Waals surface area (Å²) >= 11 is 0. The van der Waals surface area contributed by atoms with Crippen LogP contribution in [0.3, 0.4) is 0 Å². The Balaban J connectivity index is 1.76. The van der Waals surface area contributed by atoms with Crippen LogP contribution in [0.1, 0.15) is 18.4 Å². The quantitative estimate of drug-likeness (QED) is 0.701. The van der Waals surface area contributed by atoms with Crippen molar-refractivity contribution in [1.29, 1.82) is 0 Å². The minimum Gasteiger partial charge on any atom is -0.223 e. The number of hydrogen-bond donors (Lipinski definition) is 0. The highest BCUT2D eigenvalue weighted by atomic mass is 32.2. The standard InChI is InChI=1S/C18H20FNO5S2/c1-14-4-8-17(9-5-14)27(23,24)25-20-12-2-3-18(13-20)26(21,22)16-10-6-15(19)7-11-16/h4-11,18H,2-3,12-13H2,1H3. The van der Waals surface area contributed by atoms with Crippen LogP contribution in [0.5, 0.6) is 0 Å². The molecule has 1 unspecified atom stereocenters. The third-order valence-corrected chi connectivity index (χ3v) is 7.88. The first-order valence-corrected chi connectivity index (χ1v) is 11.4. The highest BCUT2D eigenvalue weighted by Gasteiger charge is 2.34. The topological polar surface area (TPSA) is 80.8 Å². The highest BCUT2D eigenvalue weighted by molar-refractivity contribution is 7.92. The predicted octanol–water partition coefficient (Wildman–Crippen LogP) is 2.69. The molecule has 2 aromatic rings. The highest BCUT2D eigenvalue weighted by Crippen LogP contribution is 2.26. The summed E-state index contributed by atoms with van der Waals surface area (Å²) in [5.74, 6) is -0.522.